The number of nitrogens with zero attached hydrogens (tertiary/aromatic N) is 2. The van der Waals surface area contributed by atoms with Crippen LogP contribution in [0.3, 0.4) is 0 Å². The fourth-order valence-electron chi connectivity index (χ4n) is 6.49. The van der Waals surface area contributed by atoms with Crippen LogP contribution in [0, 0.1) is 0 Å². The summed E-state index contributed by atoms with van der Waals surface area (Å²) >= 11 is 0. The highest BCUT2D eigenvalue weighted by atomic mass is 16.5. The Morgan fingerprint density at radius 3 is 1.48 bits per heavy atom. The number of benzene rings is 6. The quantitative estimate of drug-likeness (QED) is 0.209. The van der Waals surface area contributed by atoms with Crippen LogP contribution in [-0.4, -0.2) is 9.97 Å². The molecule has 0 aliphatic carbocycles. The predicted octanol–water partition coefficient (Wildman–Crippen LogP) is 9.97. The Bertz CT molecular complexity index is 1980. The molecule has 3 nitrogen and oxygen atoms in total. The lowest BCUT2D eigenvalue weighted by Crippen LogP contribution is -2.34. The third-order valence-electron chi connectivity index (χ3n) is 8.44. The summed E-state index contributed by atoms with van der Waals surface area (Å²) < 4.78 is 6.87. The number of hydrogen-bond acceptors (Lipinski definition) is 3. The second-order valence-corrected chi connectivity index (χ2v) is 11.0. The first-order valence-electron chi connectivity index (χ1n) is 14.8. The normalized spacial score (nSPS) is 12.9. The molecule has 208 valence electrons. The van der Waals surface area contributed by atoms with Crippen LogP contribution in [0.25, 0.3) is 33.9 Å². The molecule has 44 heavy (non-hydrogen) atoms. The highest BCUT2D eigenvalue weighted by Crippen LogP contribution is 2.57. The molecule has 1 aliphatic rings. The monoisotopic (exact) mass is 564 g/mol. The zero-order valence-corrected chi connectivity index (χ0v) is 24.0. The zero-order chi connectivity index (χ0) is 29.3. The van der Waals surface area contributed by atoms with Crippen molar-refractivity contribution in [2.45, 2.75) is 5.41 Å². The van der Waals surface area contributed by atoms with Crippen molar-refractivity contribution in [1.29, 1.82) is 0 Å². The summed E-state index contributed by atoms with van der Waals surface area (Å²) in [5, 5.41) is 0. The summed E-state index contributed by atoms with van der Waals surface area (Å²) in [7, 11) is 0. The Morgan fingerprint density at radius 2 is 0.909 bits per heavy atom. The van der Waals surface area contributed by atoms with Gasteiger partial charge in [-0.25, -0.2) is 9.97 Å². The lowest BCUT2D eigenvalue weighted by atomic mass is 9.63. The van der Waals surface area contributed by atoms with Crippen molar-refractivity contribution in [2.24, 2.45) is 0 Å². The maximum absolute atomic E-state index is 6.87. The molecule has 6 aromatic carbocycles. The molecule has 0 spiro atoms. The van der Waals surface area contributed by atoms with Gasteiger partial charge in [0.05, 0.1) is 22.4 Å². The van der Waals surface area contributed by atoms with Gasteiger partial charge in [-0.3, -0.25) is 0 Å². The molecule has 0 unspecified atom stereocenters. The van der Waals surface area contributed by atoms with E-state index in [4.69, 9.17) is 14.7 Å². The smallest absolute Gasteiger partial charge is 0.164 e. The lowest BCUT2D eigenvalue weighted by molar-refractivity contribution is 0.436. The molecule has 7 aromatic rings. The summed E-state index contributed by atoms with van der Waals surface area (Å²) in [6.45, 7) is 0. The average Bonchev–Trinajstić information content (AvgIpc) is 3.11. The van der Waals surface area contributed by atoms with E-state index >= 15 is 0 Å². The fraction of sp³-hybridized carbons (Fsp3) is 0.0244. The minimum Gasteiger partial charge on any atom is -0.456 e. The van der Waals surface area contributed by atoms with Gasteiger partial charge in [-0.15, -0.1) is 0 Å². The molecule has 8 rings (SSSR count). The maximum atomic E-state index is 6.87. The van der Waals surface area contributed by atoms with Crippen molar-refractivity contribution < 1.29 is 4.74 Å². The van der Waals surface area contributed by atoms with E-state index < -0.39 is 5.41 Å². The Morgan fingerprint density at radius 1 is 0.432 bits per heavy atom. The van der Waals surface area contributed by atoms with E-state index in [-0.39, 0.29) is 0 Å². The van der Waals surface area contributed by atoms with Gasteiger partial charge in [0.25, 0.3) is 0 Å². The van der Waals surface area contributed by atoms with Gasteiger partial charge < -0.3 is 4.74 Å². The second-order valence-electron chi connectivity index (χ2n) is 11.0. The Balaban J connectivity index is 1.44. The molecule has 0 atom stereocenters. The molecule has 0 radical (unpaired) electrons. The van der Waals surface area contributed by atoms with E-state index in [0.717, 1.165) is 50.7 Å². The van der Waals surface area contributed by atoms with E-state index in [1.54, 1.807) is 0 Å². The first-order valence-corrected chi connectivity index (χ1v) is 14.8. The second kappa shape index (κ2) is 10.8. The number of para-hydroxylation sites is 2. The van der Waals surface area contributed by atoms with Crippen LogP contribution in [0.4, 0.5) is 0 Å². The Hall–Kier alpha value is -5.80. The van der Waals surface area contributed by atoms with Crippen molar-refractivity contribution in [3.8, 4) is 45.4 Å². The average molecular weight is 565 g/mol. The highest BCUT2D eigenvalue weighted by molar-refractivity contribution is 5.79. The van der Waals surface area contributed by atoms with Gasteiger partial charge in [0.1, 0.15) is 11.5 Å². The van der Waals surface area contributed by atoms with Crippen LogP contribution >= 0.6 is 0 Å². The van der Waals surface area contributed by atoms with E-state index in [2.05, 4.69) is 127 Å². The summed E-state index contributed by atoms with van der Waals surface area (Å²) in [4.78, 5) is 10.3. The van der Waals surface area contributed by atoms with E-state index in [1.807, 2.05) is 42.5 Å². The van der Waals surface area contributed by atoms with Crippen LogP contribution in [0.5, 0.6) is 11.5 Å². The minimum atomic E-state index is -0.609. The molecule has 1 aliphatic heterocycles. The van der Waals surface area contributed by atoms with Crippen LogP contribution in [0.15, 0.2) is 170 Å². The Kier molecular flexibility index (Phi) is 6.35. The largest absolute Gasteiger partial charge is 0.456 e. The molecular formula is C41H28N2O. The van der Waals surface area contributed by atoms with Gasteiger partial charge in [0, 0.05) is 22.3 Å². The van der Waals surface area contributed by atoms with Gasteiger partial charge >= 0.3 is 0 Å². The molecule has 1 aromatic heterocycles. The molecule has 0 N–H and O–H groups in total. The molecule has 2 heterocycles. The van der Waals surface area contributed by atoms with Crippen LogP contribution in [0.2, 0.25) is 0 Å². The predicted molar refractivity (Wildman–Crippen MR) is 177 cm³/mol. The van der Waals surface area contributed by atoms with Crippen molar-refractivity contribution in [3.05, 3.63) is 192 Å². The molecule has 0 saturated heterocycles. The third-order valence-corrected chi connectivity index (χ3v) is 8.44. The van der Waals surface area contributed by atoms with Gasteiger partial charge in [-0.05, 0) is 29.3 Å². The van der Waals surface area contributed by atoms with Crippen molar-refractivity contribution in [3.63, 3.8) is 0 Å². The molecule has 0 saturated carbocycles. The van der Waals surface area contributed by atoms with E-state index in [0.29, 0.717) is 5.82 Å². The van der Waals surface area contributed by atoms with E-state index in [9.17, 15) is 0 Å². The first-order chi connectivity index (χ1) is 21.8. The molecule has 0 amide bonds. The number of fused-ring (bicyclic) bond motifs is 2. The lowest BCUT2D eigenvalue weighted by Gasteiger charge is -2.42. The topological polar surface area (TPSA) is 35.0 Å². The number of aromatic nitrogens is 2. The summed E-state index contributed by atoms with van der Waals surface area (Å²) in [6.07, 6.45) is 0. The summed E-state index contributed by atoms with van der Waals surface area (Å²) in [5.74, 6) is 2.21. The molecule has 0 fully saturated rings. The number of hydrogen-bond donors (Lipinski definition) is 0. The summed E-state index contributed by atoms with van der Waals surface area (Å²) in [6, 6.07) is 58.8. The van der Waals surface area contributed by atoms with Gasteiger partial charge in [-0.1, -0.05) is 152 Å². The zero-order valence-electron chi connectivity index (χ0n) is 24.0. The van der Waals surface area contributed by atoms with Gasteiger partial charge in [0.15, 0.2) is 5.82 Å². The van der Waals surface area contributed by atoms with E-state index in [1.165, 1.54) is 11.1 Å². The van der Waals surface area contributed by atoms with Crippen LogP contribution in [0.1, 0.15) is 22.3 Å². The van der Waals surface area contributed by atoms with Gasteiger partial charge in [-0.2, -0.15) is 0 Å². The van der Waals surface area contributed by atoms with Crippen molar-refractivity contribution >= 4 is 0 Å². The summed E-state index contributed by atoms with van der Waals surface area (Å²) in [5.41, 5.74) is 8.53. The van der Waals surface area contributed by atoms with Gasteiger partial charge in [0.2, 0.25) is 0 Å². The molecule has 0 bridgehead atoms. The SMILES string of the molecule is c1ccc(-c2cc(-c3ccccc3)nc(-c3cccc4c3Oc3ccccc3C4(c3ccccc3)c3ccccc3)n2)cc1. The molecular weight excluding hydrogens is 536 g/mol. The standard InChI is InChI=1S/C41H28N2O/c1-5-16-29(17-6-1)36-28-37(30-18-7-2-8-19-30)43-40(42-36)33-24-15-26-35-39(33)44-38-27-14-13-25-34(38)41(35,31-20-9-3-10-21-31)32-22-11-4-12-23-32/h1-28H. The first kappa shape index (κ1) is 25.9. The third kappa shape index (κ3) is 4.21. The highest BCUT2D eigenvalue weighted by Gasteiger charge is 2.46. The maximum Gasteiger partial charge on any atom is 0.164 e. The number of ether oxygens (including phenoxy) is 1. The number of rotatable bonds is 5. The Labute approximate surface area is 257 Å². The molecule has 3 heteroatoms. The fourth-order valence-corrected chi connectivity index (χ4v) is 6.49. The van der Waals surface area contributed by atoms with Crippen LogP contribution < -0.4 is 4.74 Å². The van der Waals surface area contributed by atoms with Crippen molar-refractivity contribution in [1.82, 2.24) is 9.97 Å². The van der Waals surface area contributed by atoms with Crippen molar-refractivity contribution in [2.75, 3.05) is 0 Å². The minimum absolute atomic E-state index is 0.609. The van der Waals surface area contributed by atoms with Crippen LogP contribution in [-0.2, 0) is 5.41 Å².